The molecule has 4 rings (SSSR count). The average molecular weight is 324 g/mol. The third kappa shape index (κ3) is 2.28. The van der Waals surface area contributed by atoms with Crippen LogP contribution in [0.1, 0.15) is 31.0 Å². The third-order valence-electron chi connectivity index (χ3n) is 4.74. The van der Waals surface area contributed by atoms with Crippen LogP contribution < -0.4 is 20.1 Å². The fourth-order valence-electron chi connectivity index (χ4n) is 3.27. The van der Waals surface area contributed by atoms with Gasteiger partial charge in [-0.2, -0.15) is 0 Å². The van der Waals surface area contributed by atoms with Crippen LogP contribution in [0.25, 0.3) is 0 Å². The van der Waals surface area contributed by atoms with E-state index in [1.807, 2.05) is 38.1 Å². The van der Waals surface area contributed by atoms with E-state index < -0.39 is 5.41 Å². The minimum Gasteiger partial charge on any atom is -0.454 e. The van der Waals surface area contributed by atoms with Gasteiger partial charge in [0, 0.05) is 23.0 Å². The highest BCUT2D eigenvalue weighted by molar-refractivity contribution is 5.99. The summed E-state index contributed by atoms with van der Waals surface area (Å²) in [4.78, 5) is 12.6. The highest BCUT2D eigenvalue weighted by atomic mass is 16.7. The number of aryl methyl sites for hydroxylation is 1. The minimum absolute atomic E-state index is 0.0148. The van der Waals surface area contributed by atoms with Crippen molar-refractivity contribution in [2.75, 3.05) is 17.4 Å². The number of nitrogens with one attached hydrogen (secondary N) is 2. The van der Waals surface area contributed by atoms with Crippen molar-refractivity contribution in [3.8, 4) is 11.5 Å². The van der Waals surface area contributed by atoms with Crippen molar-refractivity contribution in [1.82, 2.24) is 0 Å². The Morgan fingerprint density at radius 2 is 1.92 bits per heavy atom. The van der Waals surface area contributed by atoms with Gasteiger partial charge in [0.25, 0.3) is 0 Å². The zero-order valence-corrected chi connectivity index (χ0v) is 14.0. The van der Waals surface area contributed by atoms with Gasteiger partial charge in [-0.3, -0.25) is 4.79 Å². The van der Waals surface area contributed by atoms with Crippen molar-refractivity contribution in [3.63, 3.8) is 0 Å². The van der Waals surface area contributed by atoms with Crippen molar-refractivity contribution < 1.29 is 14.3 Å². The molecule has 24 heavy (non-hydrogen) atoms. The van der Waals surface area contributed by atoms with Crippen LogP contribution in [0.15, 0.2) is 36.4 Å². The molecule has 2 aliphatic rings. The second kappa shape index (κ2) is 5.16. The summed E-state index contributed by atoms with van der Waals surface area (Å²) in [6.45, 7) is 6.16. The quantitative estimate of drug-likeness (QED) is 0.881. The molecule has 0 spiro atoms. The zero-order valence-electron chi connectivity index (χ0n) is 14.0. The van der Waals surface area contributed by atoms with Crippen LogP contribution in [0.2, 0.25) is 0 Å². The summed E-state index contributed by atoms with van der Waals surface area (Å²) < 4.78 is 10.9. The van der Waals surface area contributed by atoms with Gasteiger partial charge in [0.05, 0.1) is 11.5 Å². The fourth-order valence-corrected chi connectivity index (χ4v) is 3.27. The minimum atomic E-state index is -0.607. The lowest BCUT2D eigenvalue weighted by Crippen LogP contribution is -2.43. The maximum absolute atomic E-state index is 12.6. The molecule has 0 radical (unpaired) electrons. The van der Waals surface area contributed by atoms with Gasteiger partial charge < -0.3 is 20.1 Å². The molecule has 0 aromatic heterocycles. The molecule has 2 aromatic rings. The highest BCUT2D eigenvalue weighted by Crippen LogP contribution is 2.48. The summed E-state index contributed by atoms with van der Waals surface area (Å²) in [6, 6.07) is 11.8. The molecule has 2 heterocycles. The number of hydrogen-bond acceptors (Lipinski definition) is 4. The number of hydrogen-bond donors (Lipinski definition) is 2. The predicted octanol–water partition coefficient (Wildman–Crippen LogP) is 3.86. The van der Waals surface area contributed by atoms with E-state index in [0.717, 1.165) is 22.7 Å². The van der Waals surface area contributed by atoms with Crippen LogP contribution in [0.3, 0.4) is 0 Å². The van der Waals surface area contributed by atoms with Gasteiger partial charge in [-0.25, -0.2) is 0 Å². The number of anilines is 2. The normalized spacial score (nSPS) is 20.3. The van der Waals surface area contributed by atoms with Crippen LogP contribution >= 0.6 is 0 Å². The van der Waals surface area contributed by atoms with Crippen LogP contribution in [0.4, 0.5) is 11.4 Å². The molecular formula is C19H20N2O3. The van der Waals surface area contributed by atoms with Gasteiger partial charge in [0.15, 0.2) is 11.5 Å². The fraction of sp³-hybridized carbons (Fsp3) is 0.316. The van der Waals surface area contributed by atoms with E-state index in [-0.39, 0.29) is 18.7 Å². The van der Waals surface area contributed by atoms with Gasteiger partial charge >= 0.3 is 0 Å². The first-order valence-corrected chi connectivity index (χ1v) is 8.03. The Balaban J connectivity index is 1.80. The second-order valence-electron chi connectivity index (χ2n) is 6.92. The average Bonchev–Trinajstić information content (AvgIpc) is 2.98. The molecule has 0 aliphatic carbocycles. The van der Waals surface area contributed by atoms with E-state index >= 15 is 0 Å². The van der Waals surface area contributed by atoms with Crippen molar-refractivity contribution in [2.45, 2.75) is 26.8 Å². The summed E-state index contributed by atoms with van der Waals surface area (Å²) in [5.41, 5.74) is 3.33. The lowest BCUT2D eigenvalue weighted by molar-refractivity contribution is -0.125. The molecule has 5 heteroatoms. The molecule has 2 N–H and O–H groups in total. The maximum Gasteiger partial charge on any atom is 0.232 e. The van der Waals surface area contributed by atoms with Crippen molar-refractivity contribution in [1.29, 1.82) is 0 Å². The number of amides is 1. The molecule has 2 aromatic carbocycles. The first-order valence-electron chi connectivity index (χ1n) is 8.03. The van der Waals surface area contributed by atoms with Gasteiger partial charge in [-0.05, 0) is 44.5 Å². The topological polar surface area (TPSA) is 59.6 Å². The van der Waals surface area contributed by atoms with Crippen LogP contribution in [0, 0.1) is 12.3 Å². The van der Waals surface area contributed by atoms with E-state index in [0.29, 0.717) is 5.75 Å². The van der Waals surface area contributed by atoms with Gasteiger partial charge in [-0.1, -0.05) is 12.1 Å². The maximum atomic E-state index is 12.6. The summed E-state index contributed by atoms with van der Waals surface area (Å²) in [5, 5.41) is 6.53. The Bertz CT molecular complexity index is 829. The number of carbonyl (C=O) groups is 1. The molecule has 1 unspecified atom stereocenters. The molecule has 0 fully saturated rings. The number of benzene rings is 2. The molecule has 0 saturated carbocycles. The molecule has 0 bridgehead atoms. The van der Waals surface area contributed by atoms with Crippen molar-refractivity contribution in [3.05, 3.63) is 47.5 Å². The number of rotatable bonds is 2. The Morgan fingerprint density at radius 3 is 2.67 bits per heavy atom. The van der Waals surface area contributed by atoms with E-state index in [4.69, 9.17) is 9.47 Å². The van der Waals surface area contributed by atoms with Crippen LogP contribution in [0.5, 0.6) is 11.5 Å². The number of ether oxygens (including phenoxy) is 2. The smallest absolute Gasteiger partial charge is 0.232 e. The SMILES string of the molecule is Cc1cccc(NC2c3cc4c(cc3NC(=O)C2(C)C)OCO4)c1. The standard InChI is InChI=1S/C19H20N2O3/c1-11-5-4-6-12(7-11)20-17-13-8-15-16(24-10-23-15)9-14(13)21-18(22)19(17,2)3/h4-9,17,20H,10H2,1-3H3,(H,21,22). The molecule has 2 aliphatic heterocycles. The van der Waals surface area contributed by atoms with E-state index in [2.05, 4.69) is 29.7 Å². The molecular weight excluding hydrogens is 304 g/mol. The Labute approximate surface area is 141 Å². The molecule has 0 saturated heterocycles. The highest BCUT2D eigenvalue weighted by Gasteiger charge is 2.43. The van der Waals surface area contributed by atoms with Gasteiger partial charge in [0.1, 0.15) is 0 Å². The number of fused-ring (bicyclic) bond motifs is 2. The van der Waals surface area contributed by atoms with E-state index in [9.17, 15) is 4.79 Å². The van der Waals surface area contributed by atoms with E-state index in [1.54, 1.807) is 0 Å². The van der Waals surface area contributed by atoms with E-state index in [1.165, 1.54) is 5.56 Å². The molecule has 5 nitrogen and oxygen atoms in total. The summed E-state index contributed by atoms with van der Waals surface area (Å²) >= 11 is 0. The molecule has 1 amide bonds. The van der Waals surface area contributed by atoms with Gasteiger partial charge in [-0.15, -0.1) is 0 Å². The largest absolute Gasteiger partial charge is 0.454 e. The predicted molar refractivity (Wildman–Crippen MR) is 92.5 cm³/mol. The van der Waals surface area contributed by atoms with Crippen LogP contribution in [-0.4, -0.2) is 12.7 Å². The Kier molecular flexibility index (Phi) is 3.20. The van der Waals surface area contributed by atoms with Gasteiger partial charge in [0.2, 0.25) is 12.7 Å². The second-order valence-corrected chi connectivity index (χ2v) is 6.92. The first kappa shape index (κ1) is 14.9. The Morgan fingerprint density at radius 1 is 1.17 bits per heavy atom. The summed E-state index contributed by atoms with van der Waals surface area (Å²) in [6.07, 6.45) is 0. The number of carbonyl (C=O) groups excluding carboxylic acids is 1. The lowest BCUT2D eigenvalue weighted by atomic mass is 9.76. The van der Waals surface area contributed by atoms with Crippen molar-refractivity contribution >= 4 is 17.3 Å². The first-order chi connectivity index (χ1) is 11.4. The van der Waals surface area contributed by atoms with Crippen molar-refractivity contribution in [2.24, 2.45) is 5.41 Å². The summed E-state index contributed by atoms with van der Waals surface area (Å²) in [5.74, 6) is 1.37. The zero-order chi connectivity index (χ0) is 16.9. The Hall–Kier alpha value is -2.69. The van der Waals surface area contributed by atoms with Crippen LogP contribution in [-0.2, 0) is 4.79 Å². The third-order valence-corrected chi connectivity index (χ3v) is 4.74. The lowest BCUT2D eigenvalue weighted by Gasteiger charge is -2.40. The summed E-state index contributed by atoms with van der Waals surface area (Å²) in [7, 11) is 0. The monoisotopic (exact) mass is 324 g/mol. The molecule has 1 atom stereocenters. The molecule has 124 valence electrons.